The maximum atomic E-state index is 9.83. The summed E-state index contributed by atoms with van der Waals surface area (Å²) in [6, 6.07) is 7.73. The second-order valence-electron chi connectivity index (χ2n) is 5.73. The van der Waals surface area contributed by atoms with E-state index < -0.39 is 0 Å². The van der Waals surface area contributed by atoms with Crippen molar-refractivity contribution >= 4 is 17.3 Å². The van der Waals surface area contributed by atoms with E-state index in [0.29, 0.717) is 5.92 Å². The predicted molar refractivity (Wildman–Crippen MR) is 77.1 cm³/mol. The first kappa shape index (κ1) is 13.7. The van der Waals surface area contributed by atoms with E-state index in [4.69, 9.17) is 11.6 Å². The average molecular weight is 268 g/mol. The highest BCUT2D eigenvalue weighted by atomic mass is 35.5. The number of halogens is 1. The maximum absolute atomic E-state index is 9.83. The Bertz CT molecular complexity index is 409. The molecule has 1 aliphatic rings. The third-order valence-corrected chi connectivity index (χ3v) is 4.52. The van der Waals surface area contributed by atoms with Gasteiger partial charge in [0.15, 0.2) is 0 Å². The van der Waals surface area contributed by atoms with Crippen LogP contribution in [0.3, 0.4) is 0 Å². The molecule has 100 valence electrons. The number of nitrogens with one attached hydrogen (secondary N) is 1. The van der Waals surface area contributed by atoms with Crippen molar-refractivity contribution in [2.24, 2.45) is 11.8 Å². The van der Waals surface area contributed by atoms with Crippen LogP contribution in [0.5, 0.6) is 0 Å². The molecule has 2 N–H and O–H groups in total. The Hall–Kier alpha value is -0.730. The lowest BCUT2D eigenvalue weighted by atomic mass is 9.70. The maximum Gasteiger partial charge on any atom is 0.0664 e. The Balaban J connectivity index is 2.18. The van der Waals surface area contributed by atoms with Crippen molar-refractivity contribution in [3.8, 4) is 0 Å². The normalized spacial score (nSPS) is 32.2. The van der Waals surface area contributed by atoms with Crippen LogP contribution in [0.1, 0.15) is 33.1 Å². The molecule has 1 aromatic carbocycles. The minimum absolute atomic E-state index is 0.174. The van der Waals surface area contributed by atoms with Crippen LogP contribution in [-0.4, -0.2) is 17.3 Å². The summed E-state index contributed by atoms with van der Waals surface area (Å²) >= 11 is 6.01. The summed E-state index contributed by atoms with van der Waals surface area (Å²) in [5.74, 6) is 1.21. The molecule has 0 heterocycles. The standard InChI is InChI=1S/C15H22ClNO/c1-11-6-7-15(10-18,12(2)8-11)17-14-5-3-4-13(16)9-14/h3-5,9,11-12,17-18H,6-8,10H2,1-2H3. The highest BCUT2D eigenvalue weighted by Gasteiger charge is 2.39. The molecule has 2 nitrogen and oxygen atoms in total. The number of hydrogen-bond acceptors (Lipinski definition) is 2. The zero-order valence-electron chi connectivity index (χ0n) is 11.1. The largest absolute Gasteiger partial charge is 0.394 e. The van der Waals surface area contributed by atoms with E-state index in [1.165, 1.54) is 6.42 Å². The minimum atomic E-state index is -0.197. The summed E-state index contributed by atoms with van der Waals surface area (Å²) in [5.41, 5.74) is 0.801. The van der Waals surface area contributed by atoms with Crippen LogP contribution >= 0.6 is 11.6 Å². The van der Waals surface area contributed by atoms with Crippen molar-refractivity contribution in [3.05, 3.63) is 29.3 Å². The molecule has 0 saturated heterocycles. The number of aliphatic hydroxyl groups excluding tert-OH is 1. The van der Waals surface area contributed by atoms with Crippen LogP contribution in [0.4, 0.5) is 5.69 Å². The van der Waals surface area contributed by atoms with Gasteiger partial charge in [0.2, 0.25) is 0 Å². The second kappa shape index (κ2) is 5.50. The second-order valence-corrected chi connectivity index (χ2v) is 6.17. The molecular formula is C15H22ClNO. The van der Waals surface area contributed by atoms with Gasteiger partial charge in [-0.15, -0.1) is 0 Å². The smallest absolute Gasteiger partial charge is 0.0664 e. The Labute approximate surface area is 114 Å². The first-order chi connectivity index (χ1) is 8.55. The molecule has 0 spiro atoms. The summed E-state index contributed by atoms with van der Waals surface area (Å²) < 4.78 is 0. The van der Waals surface area contributed by atoms with Gasteiger partial charge in [-0.25, -0.2) is 0 Å². The van der Waals surface area contributed by atoms with E-state index in [0.717, 1.165) is 29.5 Å². The van der Waals surface area contributed by atoms with Crippen LogP contribution in [0.2, 0.25) is 5.02 Å². The van der Waals surface area contributed by atoms with Gasteiger partial charge in [0.05, 0.1) is 12.1 Å². The molecule has 0 aromatic heterocycles. The Kier molecular flexibility index (Phi) is 4.18. The van der Waals surface area contributed by atoms with Gasteiger partial charge in [-0.1, -0.05) is 31.5 Å². The van der Waals surface area contributed by atoms with Gasteiger partial charge in [-0.2, -0.15) is 0 Å². The summed E-state index contributed by atoms with van der Waals surface area (Å²) in [4.78, 5) is 0. The van der Waals surface area contributed by atoms with Crippen LogP contribution < -0.4 is 5.32 Å². The molecule has 18 heavy (non-hydrogen) atoms. The Morgan fingerprint density at radius 2 is 2.22 bits per heavy atom. The summed E-state index contributed by atoms with van der Waals surface area (Å²) in [5, 5.41) is 14.1. The van der Waals surface area contributed by atoms with Gasteiger partial charge in [0.1, 0.15) is 0 Å². The van der Waals surface area contributed by atoms with E-state index in [1.807, 2.05) is 24.3 Å². The van der Waals surface area contributed by atoms with Crippen molar-refractivity contribution in [1.29, 1.82) is 0 Å². The van der Waals surface area contributed by atoms with Crippen molar-refractivity contribution in [2.75, 3.05) is 11.9 Å². The Morgan fingerprint density at radius 3 is 2.83 bits per heavy atom. The van der Waals surface area contributed by atoms with Gasteiger partial charge >= 0.3 is 0 Å². The van der Waals surface area contributed by atoms with Gasteiger partial charge < -0.3 is 10.4 Å². The van der Waals surface area contributed by atoms with Gasteiger partial charge in [0.25, 0.3) is 0 Å². The first-order valence-corrected chi connectivity index (χ1v) is 7.08. The lowest BCUT2D eigenvalue weighted by Crippen LogP contribution is -2.51. The molecule has 0 aliphatic heterocycles. The van der Waals surface area contributed by atoms with E-state index >= 15 is 0 Å². The monoisotopic (exact) mass is 267 g/mol. The molecule has 1 aromatic rings. The molecule has 0 bridgehead atoms. The number of benzene rings is 1. The number of hydrogen-bond donors (Lipinski definition) is 2. The van der Waals surface area contributed by atoms with E-state index in [-0.39, 0.29) is 12.1 Å². The number of aliphatic hydroxyl groups is 1. The van der Waals surface area contributed by atoms with Crippen molar-refractivity contribution in [1.82, 2.24) is 0 Å². The van der Waals surface area contributed by atoms with E-state index in [2.05, 4.69) is 19.2 Å². The minimum Gasteiger partial charge on any atom is -0.394 e. The highest BCUT2D eigenvalue weighted by Crippen LogP contribution is 2.39. The molecule has 3 atom stereocenters. The fourth-order valence-corrected chi connectivity index (χ4v) is 3.20. The van der Waals surface area contributed by atoms with Gasteiger partial charge in [0, 0.05) is 10.7 Å². The zero-order valence-corrected chi connectivity index (χ0v) is 11.9. The molecule has 1 fully saturated rings. The summed E-state index contributed by atoms with van der Waals surface area (Å²) in [6.45, 7) is 4.69. The summed E-state index contributed by atoms with van der Waals surface area (Å²) in [6.07, 6.45) is 3.34. The molecular weight excluding hydrogens is 246 g/mol. The Morgan fingerprint density at radius 1 is 1.44 bits per heavy atom. The topological polar surface area (TPSA) is 32.3 Å². The molecule has 1 saturated carbocycles. The van der Waals surface area contributed by atoms with Crippen LogP contribution in [0.25, 0.3) is 0 Å². The molecule has 2 rings (SSSR count). The third kappa shape index (κ3) is 2.81. The fourth-order valence-electron chi connectivity index (χ4n) is 3.01. The fraction of sp³-hybridized carbons (Fsp3) is 0.600. The number of anilines is 1. The molecule has 0 radical (unpaired) electrons. The molecule has 3 heteroatoms. The lowest BCUT2D eigenvalue weighted by Gasteiger charge is -2.45. The van der Waals surface area contributed by atoms with Crippen LogP contribution in [-0.2, 0) is 0 Å². The van der Waals surface area contributed by atoms with Crippen molar-refractivity contribution in [2.45, 2.75) is 38.6 Å². The summed E-state index contributed by atoms with van der Waals surface area (Å²) in [7, 11) is 0. The average Bonchev–Trinajstić information content (AvgIpc) is 2.33. The molecule has 1 aliphatic carbocycles. The van der Waals surface area contributed by atoms with E-state index in [9.17, 15) is 5.11 Å². The molecule has 0 amide bonds. The van der Waals surface area contributed by atoms with E-state index in [1.54, 1.807) is 0 Å². The van der Waals surface area contributed by atoms with Crippen molar-refractivity contribution in [3.63, 3.8) is 0 Å². The molecule has 3 unspecified atom stereocenters. The first-order valence-electron chi connectivity index (χ1n) is 6.70. The third-order valence-electron chi connectivity index (χ3n) is 4.28. The lowest BCUT2D eigenvalue weighted by molar-refractivity contribution is 0.106. The van der Waals surface area contributed by atoms with Crippen molar-refractivity contribution < 1.29 is 5.11 Å². The highest BCUT2D eigenvalue weighted by molar-refractivity contribution is 6.30. The van der Waals surface area contributed by atoms with Gasteiger partial charge in [-0.05, 0) is 49.3 Å². The zero-order chi connectivity index (χ0) is 13.2. The SMILES string of the molecule is CC1CCC(CO)(Nc2cccc(Cl)c2)C(C)C1. The number of rotatable bonds is 3. The van der Waals surface area contributed by atoms with Gasteiger partial charge in [-0.3, -0.25) is 0 Å². The quantitative estimate of drug-likeness (QED) is 0.869. The van der Waals surface area contributed by atoms with Crippen LogP contribution in [0, 0.1) is 11.8 Å². The predicted octanol–water partition coefficient (Wildman–Crippen LogP) is 3.94. The van der Waals surface area contributed by atoms with Crippen LogP contribution in [0.15, 0.2) is 24.3 Å².